The molecule has 0 spiro atoms. The number of hydrogen-bond acceptors (Lipinski definition) is 5. The van der Waals surface area contributed by atoms with Crippen molar-refractivity contribution in [2.75, 3.05) is 13.1 Å². The van der Waals surface area contributed by atoms with Gasteiger partial charge in [-0.25, -0.2) is 4.79 Å². The summed E-state index contributed by atoms with van der Waals surface area (Å²) in [6.07, 6.45) is 4.34. The van der Waals surface area contributed by atoms with Gasteiger partial charge in [0.25, 0.3) is 0 Å². The van der Waals surface area contributed by atoms with Crippen LogP contribution >= 0.6 is 0 Å². The molecule has 0 aromatic heterocycles. The third kappa shape index (κ3) is 10.5. The van der Waals surface area contributed by atoms with Gasteiger partial charge < -0.3 is 25.4 Å². The van der Waals surface area contributed by atoms with E-state index in [4.69, 9.17) is 4.74 Å². The first kappa shape index (κ1) is 31.3. The number of nitrogens with zero attached hydrogens (tertiary/aromatic N) is 1. The minimum atomic E-state index is -0.940. The fourth-order valence-corrected chi connectivity index (χ4v) is 3.84. The number of aromatic hydroxyl groups is 1. The van der Waals surface area contributed by atoms with Crippen LogP contribution in [-0.2, 0) is 14.3 Å². The summed E-state index contributed by atoms with van der Waals surface area (Å²) in [6.45, 7) is 14.1. The Bertz CT molecular complexity index is 837. The summed E-state index contributed by atoms with van der Waals surface area (Å²) in [6, 6.07) is 4.64. The average Bonchev–Trinajstić information content (AvgIpc) is 2.80. The fourth-order valence-electron chi connectivity index (χ4n) is 3.84. The van der Waals surface area contributed by atoms with Crippen LogP contribution in [0, 0.1) is 5.92 Å². The monoisotopic (exact) mass is 505 g/mol. The van der Waals surface area contributed by atoms with Gasteiger partial charge in [-0.05, 0) is 57.2 Å². The molecule has 1 rings (SSSR count). The number of carbonyl (C=O) groups is 3. The predicted molar refractivity (Wildman–Crippen MR) is 143 cm³/mol. The van der Waals surface area contributed by atoms with E-state index in [0.29, 0.717) is 31.5 Å². The van der Waals surface area contributed by atoms with Crippen molar-refractivity contribution in [1.82, 2.24) is 15.5 Å². The summed E-state index contributed by atoms with van der Waals surface area (Å²) < 4.78 is 5.43. The van der Waals surface area contributed by atoms with E-state index >= 15 is 0 Å². The van der Waals surface area contributed by atoms with Crippen LogP contribution < -0.4 is 10.6 Å². The predicted octanol–water partition coefficient (Wildman–Crippen LogP) is 5.31. The van der Waals surface area contributed by atoms with E-state index in [1.807, 2.05) is 20.8 Å². The lowest BCUT2D eigenvalue weighted by Crippen LogP contribution is -2.55. The number of benzene rings is 1. The molecule has 0 saturated carbocycles. The zero-order valence-electron chi connectivity index (χ0n) is 23.2. The summed E-state index contributed by atoms with van der Waals surface area (Å²) >= 11 is 0. The van der Waals surface area contributed by atoms with Crippen LogP contribution in [0.5, 0.6) is 5.75 Å². The maximum Gasteiger partial charge on any atom is 0.408 e. The molecular formula is C28H47N3O5. The van der Waals surface area contributed by atoms with Crippen molar-refractivity contribution in [2.45, 2.75) is 105 Å². The van der Waals surface area contributed by atoms with Crippen LogP contribution in [0.25, 0.3) is 0 Å². The number of nitrogens with one attached hydrogen (secondary N) is 2. The van der Waals surface area contributed by atoms with Crippen molar-refractivity contribution in [1.29, 1.82) is 0 Å². The van der Waals surface area contributed by atoms with Crippen molar-refractivity contribution in [3.8, 4) is 5.75 Å². The van der Waals surface area contributed by atoms with E-state index in [1.54, 1.807) is 37.8 Å². The van der Waals surface area contributed by atoms with Gasteiger partial charge in [-0.2, -0.15) is 0 Å². The molecule has 1 aromatic carbocycles. The van der Waals surface area contributed by atoms with E-state index in [2.05, 4.69) is 17.6 Å². The number of phenols is 1. The SMILES string of the molecule is CCCCCNC(=O)C(c1cccc(O)c1)N(CCCC)C(=O)C(NC(=O)OC(C)(C)C)C(C)CC. The number of alkyl carbamates (subject to hydrolysis) is 1. The number of rotatable bonds is 14. The van der Waals surface area contributed by atoms with Crippen molar-refractivity contribution in [3.63, 3.8) is 0 Å². The van der Waals surface area contributed by atoms with Crippen molar-refractivity contribution in [2.24, 2.45) is 5.92 Å². The maximum atomic E-state index is 14.0. The van der Waals surface area contributed by atoms with Gasteiger partial charge in [0, 0.05) is 13.1 Å². The molecule has 0 aliphatic carbocycles. The molecule has 0 radical (unpaired) electrons. The lowest BCUT2D eigenvalue weighted by atomic mass is 9.95. The quantitative estimate of drug-likeness (QED) is 0.297. The Labute approximate surface area is 217 Å². The van der Waals surface area contributed by atoms with Gasteiger partial charge in [0.05, 0.1) is 0 Å². The largest absolute Gasteiger partial charge is 0.508 e. The van der Waals surface area contributed by atoms with Crippen LogP contribution in [0.15, 0.2) is 24.3 Å². The van der Waals surface area contributed by atoms with Gasteiger partial charge in [0.1, 0.15) is 23.4 Å². The van der Waals surface area contributed by atoms with Crippen molar-refractivity contribution >= 4 is 17.9 Å². The maximum absolute atomic E-state index is 14.0. The molecule has 36 heavy (non-hydrogen) atoms. The summed E-state index contributed by atoms with van der Waals surface area (Å²) in [5.41, 5.74) is -0.190. The first-order chi connectivity index (χ1) is 16.9. The Hall–Kier alpha value is -2.77. The minimum Gasteiger partial charge on any atom is -0.508 e. The molecule has 3 unspecified atom stereocenters. The average molecular weight is 506 g/mol. The Kier molecular flexibility index (Phi) is 13.3. The number of unbranched alkanes of at least 4 members (excludes halogenated alkanes) is 3. The molecular weight excluding hydrogens is 458 g/mol. The summed E-state index contributed by atoms with van der Waals surface area (Å²) in [4.78, 5) is 41.7. The zero-order chi connectivity index (χ0) is 27.3. The molecule has 0 fully saturated rings. The van der Waals surface area contributed by atoms with E-state index in [-0.39, 0.29) is 23.5 Å². The summed E-state index contributed by atoms with van der Waals surface area (Å²) in [5, 5.41) is 15.9. The van der Waals surface area contributed by atoms with Gasteiger partial charge >= 0.3 is 6.09 Å². The molecule has 0 bridgehead atoms. The van der Waals surface area contributed by atoms with Crippen LogP contribution in [0.4, 0.5) is 4.79 Å². The molecule has 204 valence electrons. The molecule has 0 aliphatic rings. The van der Waals surface area contributed by atoms with Crippen LogP contribution in [-0.4, -0.2) is 52.6 Å². The number of phenolic OH excluding ortho intramolecular Hbond substituents is 1. The highest BCUT2D eigenvalue weighted by Crippen LogP contribution is 2.27. The van der Waals surface area contributed by atoms with E-state index in [9.17, 15) is 19.5 Å². The highest BCUT2D eigenvalue weighted by Gasteiger charge is 2.37. The lowest BCUT2D eigenvalue weighted by molar-refractivity contribution is -0.143. The van der Waals surface area contributed by atoms with Crippen LogP contribution in [0.1, 0.15) is 98.6 Å². The van der Waals surface area contributed by atoms with Crippen LogP contribution in [0.3, 0.4) is 0 Å². The third-order valence-corrected chi connectivity index (χ3v) is 6.01. The smallest absolute Gasteiger partial charge is 0.408 e. The Morgan fingerprint density at radius 3 is 2.28 bits per heavy atom. The molecule has 3 N–H and O–H groups in total. The molecule has 1 aromatic rings. The molecule has 0 aliphatic heterocycles. The number of carbonyl (C=O) groups excluding carboxylic acids is 3. The second kappa shape index (κ2) is 15.4. The summed E-state index contributed by atoms with van der Waals surface area (Å²) in [7, 11) is 0. The normalized spacial score (nSPS) is 13.9. The second-order valence-electron chi connectivity index (χ2n) is 10.4. The minimum absolute atomic E-state index is 0.0181. The van der Waals surface area contributed by atoms with Crippen molar-refractivity contribution < 1.29 is 24.2 Å². The highest BCUT2D eigenvalue weighted by molar-refractivity contribution is 5.92. The Morgan fingerprint density at radius 1 is 1.06 bits per heavy atom. The standard InChI is InChI=1S/C28H47N3O5/c1-8-11-13-17-29-25(33)24(21-15-14-16-22(32)19-21)31(18-12-9-2)26(34)23(20(4)10-3)30-27(35)36-28(5,6)7/h14-16,19-20,23-24,32H,8-13,17-18H2,1-7H3,(H,29,33)(H,30,35). The van der Waals surface area contributed by atoms with Gasteiger partial charge in [0.15, 0.2) is 0 Å². The van der Waals surface area contributed by atoms with E-state index < -0.39 is 23.8 Å². The van der Waals surface area contributed by atoms with E-state index in [1.165, 1.54) is 12.1 Å². The van der Waals surface area contributed by atoms with Crippen molar-refractivity contribution in [3.05, 3.63) is 29.8 Å². The topological polar surface area (TPSA) is 108 Å². The fraction of sp³-hybridized carbons (Fsp3) is 0.679. The molecule has 0 saturated heterocycles. The molecule has 3 atom stereocenters. The first-order valence-electron chi connectivity index (χ1n) is 13.3. The molecule has 8 heteroatoms. The number of ether oxygens (including phenoxy) is 1. The second-order valence-corrected chi connectivity index (χ2v) is 10.4. The van der Waals surface area contributed by atoms with E-state index in [0.717, 1.165) is 25.7 Å². The molecule has 0 heterocycles. The number of amides is 3. The zero-order valence-corrected chi connectivity index (χ0v) is 23.2. The first-order valence-corrected chi connectivity index (χ1v) is 13.3. The number of hydrogen-bond donors (Lipinski definition) is 3. The molecule has 3 amide bonds. The third-order valence-electron chi connectivity index (χ3n) is 6.01. The van der Waals surface area contributed by atoms with Gasteiger partial charge in [-0.1, -0.05) is 65.5 Å². The Morgan fingerprint density at radius 2 is 1.72 bits per heavy atom. The lowest BCUT2D eigenvalue weighted by Gasteiger charge is -2.36. The summed E-state index contributed by atoms with van der Waals surface area (Å²) in [5.74, 6) is -0.821. The van der Waals surface area contributed by atoms with Gasteiger partial charge in [-0.3, -0.25) is 9.59 Å². The highest BCUT2D eigenvalue weighted by atomic mass is 16.6. The van der Waals surface area contributed by atoms with Gasteiger partial charge in [-0.15, -0.1) is 0 Å². The Balaban J connectivity index is 3.41. The van der Waals surface area contributed by atoms with Crippen LogP contribution in [0.2, 0.25) is 0 Å². The molecule has 8 nitrogen and oxygen atoms in total. The van der Waals surface area contributed by atoms with Gasteiger partial charge in [0.2, 0.25) is 11.8 Å².